The van der Waals surface area contributed by atoms with Gasteiger partial charge in [-0.05, 0) is 6.92 Å². The predicted octanol–water partition coefficient (Wildman–Crippen LogP) is 0.162. The fraction of sp³-hybridized carbons (Fsp3) is 0.471. The Morgan fingerprint density at radius 2 is 2.15 bits per heavy atom. The lowest BCUT2D eigenvalue weighted by molar-refractivity contribution is -0.137. The molecule has 9 heteroatoms. The maximum Gasteiger partial charge on any atom is 0.362 e. The molecule has 2 fully saturated rings. The molecule has 0 spiro atoms. The van der Waals surface area contributed by atoms with Gasteiger partial charge in [-0.3, -0.25) is 9.36 Å². The van der Waals surface area contributed by atoms with Gasteiger partial charge in [0.05, 0.1) is 13.7 Å². The molecule has 0 saturated carbocycles. The predicted molar refractivity (Wildman–Crippen MR) is 88.3 cm³/mol. The zero-order chi connectivity index (χ0) is 18.8. The molecule has 2 aliphatic rings. The van der Waals surface area contributed by atoms with Crippen LogP contribution in [0.3, 0.4) is 0 Å². The van der Waals surface area contributed by atoms with Crippen molar-refractivity contribution in [3.63, 3.8) is 0 Å². The Morgan fingerprint density at radius 1 is 1.42 bits per heavy atom. The van der Waals surface area contributed by atoms with Gasteiger partial charge in [0.25, 0.3) is 5.56 Å². The Kier molecular flexibility index (Phi) is 5.33. The molecular weight excluding hydrogens is 344 g/mol. The molecule has 0 aliphatic carbocycles. The van der Waals surface area contributed by atoms with Gasteiger partial charge in [-0.25, -0.2) is 9.78 Å². The smallest absolute Gasteiger partial charge is 0.362 e. The van der Waals surface area contributed by atoms with Crippen LogP contribution in [0.1, 0.15) is 23.6 Å². The van der Waals surface area contributed by atoms with Crippen LogP contribution in [0.25, 0.3) is 0 Å². The monoisotopic (exact) mass is 364 g/mol. The number of hydrogen-bond acceptors (Lipinski definition) is 8. The van der Waals surface area contributed by atoms with E-state index in [1.54, 1.807) is 12.2 Å². The molecule has 0 amide bonds. The van der Waals surface area contributed by atoms with Crippen LogP contribution in [0.4, 0.5) is 0 Å². The third-order valence-electron chi connectivity index (χ3n) is 4.39. The van der Waals surface area contributed by atoms with Crippen LogP contribution in [0.15, 0.2) is 41.5 Å². The van der Waals surface area contributed by atoms with Gasteiger partial charge < -0.3 is 24.1 Å². The summed E-state index contributed by atoms with van der Waals surface area (Å²) < 4.78 is 23.3. The first-order valence-electron chi connectivity index (χ1n) is 8.07. The van der Waals surface area contributed by atoms with Crippen LogP contribution >= 0.6 is 0 Å². The molecular formula is C17H20N2O7. The molecule has 3 rings (SSSR count). The van der Waals surface area contributed by atoms with Crippen LogP contribution in [-0.4, -0.2) is 58.9 Å². The summed E-state index contributed by atoms with van der Waals surface area (Å²) in [5.41, 5.74) is -0.311. The summed E-state index contributed by atoms with van der Waals surface area (Å²) >= 11 is 0. The number of aromatic nitrogens is 2. The van der Waals surface area contributed by atoms with E-state index in [1.165, 1.54) is 17.0 Å². The van der Waals surface area contributed by atoms with E-state index >= 15 is 0 Å². The van der Waals surface area contributed by atoms with Crippen LogP contribution in [-0.2, 0) is 18.9 Å². The first-order valence-corrected chi connectivity index (χ1v) is 8.07. The molecule has 26 heavy (non-hydrogen) atoms. The Bertz CT molecular complexity index is 788. The van der Waals surface area contributed by atoms with Crippen molar-refractivity contribution in [3.8, 4) is 0 Å². The van der Waals surface area contributed by atoms with Gasteiger partial charge in [0.1, 0.15) is 18.3 Å². The average Bonchev–Trinajstić information content (AvgIpc) is 3.22. The third kappa shape index (κ3) is 2.99. The molecule has 9 nitrogen and oxygen atoms in total. The average molecular weight is 364 g/mol. The number of methoxy groups -OCH3 is 1. The van der Waals surface area contributed by atoms with E-state index < -0.39 is 42.4 Å². The molecule has 0 radical (unpaired) electrons. The number of aliphatic hydroxyl groups is 1. The van der Waals surface area contributed by atoms with Crippen molar-refractivity contribution in [3.05, 3.63) is 52.7 Å². The highest BCUT2D eigenvalue weighted by atomic mass is 16.8. The normalized spacial score (nSPS) is 30.9. The van der Waals surface area contributed by atoms with E-state index in [2.05, 4.69) is 16.3 Å². The minimum absolute atomic E-state index is 0.309. The maximum atomic E-state index is 12.6. The van der Waals surface area contributed by atoms with Gasteiger partial charge in [0, 0.05) is 18.0 Å². The van der Waals surface area contributed by atoms with E-state index in [0.29, 0.717) is 0 Å². The molecule has 1 aromatic heterocycles. The molecule has 0 aromatic carbocycles. The second-order valence-corrected chi connectivity index (χ2v) is 5.75. The number of aliphatic hydroxyl groups excluding tert-OH is 1. The maximum absolute atomic E-state index is 12.6. The highest BCUT2D eigenvalue weighted by Gasteiger charge is 2.53. The van der Waals surface area contributed by atoms with Gasteiger partial charge in [-0.2, -0.15) is 0 Å². The number of allylic oxidation sites excluding steroid dienone is 1. The Labute approximate surface area is 149 Å². The van der Waals surface area contributed by atoms with Crippen molar-refractivity contribution >= 4 is 5.97 Å². The lowest BCUT2D eigenvalue weighted by atomic mass is 10.1. The number of ether oxygens (including phenoxy) is 4. The molecule has 1 unspecified atom stereocenters. The highest BCUT2D eigenvalue weighted by molar-refractivity contribution is 5.86. The third-order valence-corrected chi connectivity index (χ3v) is 4.39. The van der Waals surface area contributed by atoms with E-state index in [1.807, 2.05) is 6.92 Å². The molecule has 0 bridgehead atoms. The summed E-state index contributed by atoms with van der Waals surface area (Å²) in [6, 6.07) is 0. The van der Waals surface area contributed by atoms with E-state index in [4.69, 9.17) is 14.2 Å². The molecule has 1 N–H and O–H groups in total. The summed E-state index contributed by atoms with van der Waals surface area (Å²) in [7, 11) is 1.16. The fourth-order valence-corrected chi connectivity index (χ4v) is 3.08. The number of hydrogen-bond donors (Lipinski definition) is 1. The molecule has 140 valence electrons. The quantitative estimate of drug-likeness (QED) is 0.581. The molecule has 1 aromatic rings. The summed E-state index contributed by atoms with van der Waals surface area (Å²) in [4.78, 5) is 28.1. The standard InChI is InChI=1S/C17H20N2O7/c1-4-9(5-2)17-25-12-10(8-20)24-15(13(12)26-17)19-7-6-18-11(14(19)21)16(22)23-3/h4-7,10,12-13,15,17,20H,1,8H2,2-3H3/b9-5+/t10-,12-,13-,15-,17?/m1/s1. The first-order chi connectivity index (χ1) is 12.5. The van der Waals surface area contributed by atoms with Crippen molar-refractivity contribution in [2.75, 3.05) is 13.7 Å². The van der Waals surface area contributed by atoms with E-state index in [0.717, 1.165) is 12.7 Å². The number of nitrogens with zero attached hydrogens (tertiary/aromatic N) is 2. The minimum atomic E-state index is -0.885. The topological polar surface area (TPSA) is 109 Å². The van der Waals surface area contributed by atoms with Crippen molar-refractivity contribution < 1.29 is 28.8 Å². The van der Waals surface area contributed by atoms with Gasteiger partial charge in [-0.1, -0.05) is 18.7 Å². The highest BCUT2D eigenvalue weighted by Crippen LogP contribution is 2.40. The summed E-state index contributed by atoms with van der Waals surface area (Å²) in [5, 5.41) is 9.60. The lowest BCUT2D eigenvalue weighted by Gasteiger charge is -2.21. The van der Waals surface area contributed by atoms with Crippen LogP contribution in [0.2, 0.25) is 0 Å². The summed E-state index contributed by atoms with van der Waals surface area (Å²) in [5.74, 6) is -0.845. The number of rotatable bonds is 5. The van der Waals surface area contributed by atoms with Crippen LogP contribution in [0.5, 0.6) is 0 Å². The zero-order valence-corrected chi connectivity index (χ0v) is 14.4. The SMILES string of the molecule is C=C/C(=C\C)C1O[C@@H]2[C@H](O1)[C@@H](CO)O[C@H]2n1ccnc(C(=O)OC)c1=O. The molecule has 3 heterocycles. The number of carbonyl (C=O) groups excluding carboxylic acids is 1. The number of esters is 1. The molecule has 5 atom stereocenters. The lowest BCUT2D eigenvalue weighted by Crippen LogP contribution is -2.36. The Hall–Kier alpha value is -2.33. The first kappa shape index (κ1) is 18.5. The van der Waals surface area contributed by atoms with Crippen molar-refractivity contribution in [1.82, 2.24) is 9.55 Å². The van der Waals surface area contributed by atoms with Gasteiger partial charge in [-0.15, -0.1) is 0 Å². The van der Waals surface area contributed by atoms with Crippen LogP contribution < -0.4 is 5.56 Å². The van der Waals surface area contributed by atoms with Crippen LogP contribution in [0, 0.1) is 0 Å². The van der Waals surface area contributed by atoms with Crippen molar-refractivity contribution in [2.24, 2.45) is 0 Å². The Morgan fingerprint density at radius 3 is 2.77 bits per heavy atom. The number of carbonyl (C=O) groups is 1. The van der Waals surface area contributed by atoms with Gasteiger partial charge in [0.15, 0.2) is 12.5 Å². The second kappa shape index (κ2) is 7.50. The largest absolute Gasteiger partial charge is 0.464 e. The zero-order valence-electron chi connectivity index (χ0n) is 14.4. The van der Waals surface area contributed by atoms with Gasteiger partial charge in [0.2, 0.25) is 5.69 Å². The van der Waals surface area contributed by atoms with Crippen molar-refractivity contribution in [1.29, 1.82) is 0 Å². The van der Waals surface area contributed by atoms with E-state index in [9.17, 15) is 14.7 Å². The van der Waals surface area contributed by atoms with E-state index in [-0.39, 0.29) is 12.3 Å². The molecule has 2 saturated heterocycles. The Balaban J connectivity index is 1.95. The molecule has 2 aliphatic heterocycles. The van der Waals surface area contributed by atoms with Crippen molar-refractivity contribution in [2.45, 2.75) is 37.8 Å². The number of fused-ring (bicyclic) bond motifs is 1. The summed E-state index contributed by atoms with van der Waals surface area (Å²) in [6.45, 7) is 5.23. The summed E-state index contributed by atoms with van der Waals surface area (Å²) in [6.07, 6.45) is 2.63. The van der Waals surface area contributed by atoms with Gasteiger partial charge >= 0.3 is 5.97 Å². The minimum Gasteiger partial charge on any atom is -0.464 e. The fourth-order valence-electron chi connectivity index (χ4n) is 3.08. The second-order valence-electron chi connectivity index (χ2n) is 5.75.